The van der Waals surface area contributed by atoms with Crippen molar-refractivity contribution in [2.75, 3.05) is 13.7 Å². The van der Waals surface area contributed by atoms with Gasteiger partial charge >= 0.3 is 0 Å². The van der Waals surface area contributed by atoms with Crippen LogP contribution in [-0.4, -0.2) is 31.9 Å². The zero-order valence-corrected chi connectivity index (χ0v) is 16.0. The summed E-state index contributed by atoms with van der Waals surface area (Å²) >= 11 is 0. The van der Waals surface area contributed by atoms with Gasteiger partial charge in [0.25, 0.3) is 5.56 Å². The summed E-state index contributed by atoms with van der Waals surface area (Å²) in [4.78, 5) is 12.1. The summed E-state index contributed by atoms with van der Waals surface area (Å²) in [6.07, 6.45) is 2.18. The van der Waals surface area contributed by atoms with Crippen molar-refractivity contribution in [2.45, 2.75) is 44.0 Å². The van der Waals surface area contributed by atoms with E-state index in [1.165, 1.54) is 10.7 Å². The summed E-state index contributed by atoms with van der Waals surface area (Å²) in [5.74, 6) is 1.08. The molecule has 0 atom stereocenters. The Bertz CT molecular complexity index is 978. The molecule has 3 rings (SSSR count). The fourth-order valence-electron chi connectivity index (χ4n) is 2.86. The Kier molecular flexibility index (Phi) is 5.15. The van der Waals surface area contributed by atoms with Crippen molar-refractivity contribution in [3.63, 3.8) is 0 Å². The van der Waals surface area contributed by atoms with E-state index in [0.29, 0.717) is 17.2 Å². The first-order valence-corrected chi connectivity index (χ1v) is 10.0. The lowest BCUT2D eigenvalue weighted by atomic mass is 10.1. The maximum atomic E-state index is 12.6. The van der Waals surface area contributed by atoms with Crippen molar-refractivity contribution < 1.29 is 13.2 Å². The minimum atomic E-state index is -3.68. The van der Waals surface area contributed by atoms with Crippen LogP contribution < -0.4 is 15.0 Å². The maximum absolute atomic E-state index is 12.6. The molecule has 1 aromatic carbocycles. The number of methoxy groups -OCH3 is 1. The molecule has 0 amide bonds. The van der Waals surface area contributed by atoms with Crippen LogP contribution in [0.1, 0.15) is 35.6 Å². The smallest absolute Gasteiger partial charge is 0.266 e. The molecule has 2 aromatic rings. The summed E-state index contributed by atoms with van der Waals surface area (Å²) < 4.78 is 34.3. The highest BCUT2D eigenvalue weighted by molar-refractivity contribution is 7.89. The van der Waals surface area contributed by atoms with Gasteiger partial charge in [-0.15, -0.1) is 0 Å². The molecule has 8 heteroatoms. The zero-order chi connectivity index (χ0) is 18.9. The van der Waals surface area contributed by atoms with Gasteiger partial charge in [0, 0.05) is 18.5 Å². The second-order valence-corrected chi connectivity index (χ2v) is 8.31. The van der Waals surface area contributed by atoms with Gasteiger partial charge in [-0.3, -0.25) is 4.79 Å². The van der Waals surface area contributed by atoms with Crippen LogP contribution in [0.5, 0.6) is 5.75 Å². The number of nitrogens with one attached hydrogen (secondary N) is 1. The van der Waals surface area contributed by atoms with Gasteiger partial charge in [-0.2, -0.15) is 5.10 Å². The van der Waals surface area contributed by atoms with Gasteiger partial charge in [-0.25, -0.2) is 17.8 Å². The van der Waals surface area contributed by atoms with Crippen LogP contribution in [-0.2, 0) is 16.6 Å². The monoisotopic (exact) mass is 377 g/mol. The van der Waals surface area contributed by atoms with Gasteiger partial charge in [0.2, 0.25) is 10.0 Å². The predicted octanol–water partition coefficient (Wildman–Crippen LogP) is 1.72. The Morgan fingerprint density at radius 1 is 1.23 bits per heavy atom. The molecule has 140 valence electrons. The van der Waals surface area contributed by atoms with Gasteiger partial charge in [-0.05, 0) is 56.0 Å². The molecule has 1 aliphatic carbocycles. The lowest BCUT2D eigenvalue weighted by Crippen LogP contribution is -2.32. The number of aromatic nitrogens is 2. The standard InChI is InChI=1S/C18H23N3O4S/c1-12-11-17(13(2)10-16(12)25-3)26(23,24)19-8-9-21-18(22)7-6-15(20-21)14-4-5-14/h6-7,10-11,14,19H,4-5,8-9H2,1-3H3. The predicted molar refractivity (Wildman–Crippen MR) is 98.1 cm³/mol. The molecule has 0 bridgehead atoms. The van der Waals surface area contributed by atoms with Crippen molar-refractivity contribution >= 4 is 10.0 Å². The third kappa shape index (κ3) is 3.96. The van der Waals surface area contributed by atoms with Gasteiger partial charge in [0.15, 0.2) is 0 Å². The van der Waals surface area contributed by atoms with Gasteiger partial charge in [0.1, 0.15) is 5.75 Å². The Balaban J connectivity index is 1.72. The van der Waals surface area contributed by atoms with Crippen molar-refractivity contribution in [3.05, 3.63) is 51.4 Å². The van der Waals surface area contributed by atoms with E-state index >= 15 is 0 Å². The van der Waals surface area contributed by atoms with Gasteiger partial charge in [0.05, 0.1) is 24.2 Å². The molecule has 0 spiro atoms. The highest BCUT2D eigenvalue weighted by atomic mass is 32.2. The first-order chi connectivity index (χ1) is 12.3. The minimum absolute atomic E-state index is 0.0911. The molecular formula is C18H23N3O4S. The lowest BCUT2D eigenvalue weighted by molar-refractivity contribution is 0.411. The normalized spacial score (nSPS) is 14.4. The Morgan fingerprint density at radius 3 is 2.62 bits per heavy atom. The van der Waals surface area contributed by atoms with Crippen molar-refractivity contribution in [2.24, 2.45) is 0 Å². The van der Waals surface area contributed by atoms with Crippen molar-refractivity contribution in [3.8, 4) is 5.75 Å². The Morgan fingerprint density at radius 2 is 1.96 bits per heavy atom. The van der Waals surface area contributed by atoms with Crippen LogP contribution >= 0.6 is 0 Å². The molecule has 0 saturated heterocycles. The van der Waals surface area contributed by atoms with Crippen molar-refractivity contribution in [1.82, 2.24) is 14.5 Å². The minimum Gasteiger partial charge on any atom is -0.496 e. The van der Waals surface area contributed by atoms with E-state index in [1.807, 2.05) is 0 Å². The number of aryl methyl sites for hydroxylation is 2. The van der Waals surface area contributed by atoms with Crippen molar-refractivity contribution in [1.29, 1.82) is 0 Å². The number of sulfonamides is 1. The number of benzene rings is 1. The van der Waals surface area contributed by atoms with Crippen LogP contribution in [0.4, 0.5) is 0 Å². The highest BCUT2D eigenvalue weighted by Crippen LogP contribution is 2.38. The molecule has 1 N–H and O–H groups in total. The zero-order valence-electron chi connectivity index (χ0n) is 15.2. The second kappa shape index (κ2) is 7.20. The van der Waals surface area contributed by atoms with Gasteiger partial charge in [-0.1, -0.05) is 0 Å². The van der Waals surface area contributed by atoms with E-state index in [1.54, 1.807) is 39.2 Å². The molecule has 0 radical (unpaired) electrons. The molecule has 1 heterocycles. The third-order valence-corrected chi connectivity index (χ3v) is 6.08. The van der Waals surface area contributed by atoms with Crippen LogP contribution in [0.25, 0.3) is 0 Å². The quantitative estimate of drug-likeness (QED) is 0.793. The molecule has 26 heavy (non-hydrogen) atoms. The first kappa shape index (κ1) is 18.6. The fraction of sp³-hybridized carbons (Fsp3) is 0.444. The average Bonchev–Trinajstić information content (AvgIpc) is 3.43. The number of nitrogens with zero attached hydrogens (tertiary/aromatic N) is 2. The summed E-state index contributed by atoms with van der Waals surface area (Å²) in [6.45, 7) is 3.80. The summed E-state index contributed by atoms with van der Waals surface area (Å²) in [5, 5.41) is 4.33. The largest absolute Gasteiger partial charge is 0.496 e. The van der Waals surface area contributed by atoms with Crippen LogP contribution in [0.3, 0.4) is 0 Å². The Hall–Kier alpha value is -2.19. The van der Waals surface area contributed by atoms with Crippen LogP contribution in [0.15, 0.2) is 34.0 Å². The van der Waals surface area contributed by atoms with E-state index in [0.717, 1.165) is 24.1 Å². The summed E-state index contributed by atoms with van der Waals surface area (Å²) in [5.41, 5.74) is 2.01. The third-order valence-electron chi connectivity index (χ3n) is 4.48. The molecule has 0 aliphatic heterocycles. The molecule has 7 nitrogen and oxygen atoms in total. The molecule has 1 aromatic heterocycles. The van der Waals surface area contributed by atoms with Gasteiger partial charge < -0.3 is 4.74 Å². The number of hydrogen-bond acceptors (Lipinski definition) is 5. The Labute approximate surface area is 153 Å². The van der Waals surface area contributed by atoms with E-state index in [9.17, 15) is 13.2 Å². The van der Waals surface area contributed by atoms with E-state index in [4.69, 9.17) is 4.74 Å². The number of ether oxygens (including phenoxy) is 1. The maximum Gasteiger partial charge on any atom is 0.266 e. The average molecular weight is 377 g/mol. The van der Waals surface area contributed by atoms with Crippen LogP contribution in [0.2, 0.25) is 0 Å². The number of rotatable bonds is 7. The number of hydrogen-bond donors (Lipinski definition) is 1. The summed E-state index contributed by atoms with van der Waals surface area (Å²) in [6, 6.07) is 6.54. The fourth-order valence-corrected chi connectivity index (χ4v) is 4.19. The van der Waals surface area contributed by atoms with E-state index in [2.05, 4.69) is 9.82 Å². The van der Waals surface area contributed by atoms with Crippen LogP contribution in [0, 0.1) is 13.8 Å². The molecular weight excluding hydrogens is 354 g/mol. The summed E-state index contributed by atoms with van der Waals surface area (Å²) in [7, 11) is -2.13. The molecule has 1 aliphatic rings. The van der Waals surface area contributed by atoms with E-state index in [-0.39, 0.29) is 23.5 Å². The molecule has 1 fully saturated rings. The first-order valence-electron chi connectivity index (χ1n) is 8.55. The SMILES string of the molecule is COc1cc(C)c(S(=O)(=O)NCCn2nc(C3CC3)ccc2=O)cc1C. The molecule has 1 saturated carbocycles. The topological polar surface area (TPSA) is 90.3 Å². The van der Waals surface area contributed by atoms with E-state index < -0.39 is 10.0 Å². The lowest BCUT2D eigenvalue weighted by Gasteiger charge is -2.13. The molecule has 0 unspecified atom stereocenters. The second-order valence-electron chi connectivity index (χ2n) is 6.58. The highest BCUT2D eigenvalue weighted by Gasteiger charge is 2.25.